The molecule has 7 heteroatoms. The summed E-state index contributed by atoms with van der Waals surface area (Å²) >= 11 is 0. The lowest BCUT2D eigenvalue weighted by molar-refractivity contribution is -0.137. The van der Waals surface area contributed by atoms with Crippen molar-refractivity contribution in [1.29, 1.82) is 0 Å². The summed E-state index contributed by atoms with van der Waals surface area (Å²) in [6.45, 7) is 2.58. The van der Waals surface area contributed by atoms with Gasteiger partial charge in [0, 0.05) is 24.9 Å². The highest BCUT2D eigenvalue weighted by atomic mass is 16.5. The lowest BCUT2D eigenvalue weighted by Gasteiger charge is -2.17. The summed E-state index contributed by atoms with van der Waals surface area (Å²) in [6, 6.07) is 16.0. The van der Waals surface area contributed by atoms with E-state index in [4.69, 9.17) is 9.84 Å². The number of aliphatic carboxylic acids is 1. The Labute approximate surface area is 194 Å². The van der Waals surface area contributed by atoms with Crippen molar-refractivity contribution < 1.29 is 24.2 Å². The van der Waals surface area contributed by atoms with Crippen LogP contribution in [-0.2, 0) is 14.3 Å². The van der Waals surface area contributed by atoms with Gasteiger partial charge >= 0.3 is 12.1 Å². The van der Waals surface area contributed by atoms with Crippen LogP contribution < -0.4 is 10.6 Å². The molecule has 0 heterocycles. The summed E-state index contributed by atoms with van der Waals surface area (Å²) < 4.78 is 5.48. The fourth-order valence-electron chi connectivity index (χ4n) is 4.28. The first-order valence-corrected chi connectivity index (χ1v) is 11.6. The average molecular weight is 453 g/mol. The molecule has 0 fully saturated rings. The molecule has 1 aliphatic rings. The van der Waals surface area contributed by atoms with Gasteiger partial charge in [0.15, 0.2) is 0 Å². The van der Waals surface area contributed by atoms with Crippen LogP contribution >= 0.6 is 0 Å². The molecule has 176 valence electrons. The molecule has 2 amide bonds. The van der Waals surface area contributed by atoms with Crippen molar-refractivity contribution in [2.24, 2.45) is 0 Å². The fourth-order valence-corrected chi connectivity index (χ4v) is 4.28. The number of carbonyl (C=O) groups excluding carboxylic acids is 2. The summed E-state index contributed by atoms with van der Waals surface area (Å²) in [6.07, 6.45) is 2.52. The van der Waals surface area contributed by atoms with Crippen LogP contribution in [0.1, 0.15) is 62.5 Å². The highest BCUT2D eigenvalue weighted by Gasteiger charge is 2.28. The van der Waals surface area contributed by atoms with Crippen LogP contribution in [0.25, 0.3) is 11.1 Å². The molecule has 3 rings (SSSR count). The summed E-state index contributed by atoms with van der Waals surface area (Å²) in [4.78, 5) is 35.3. The maximum atomic E-state index is 12.2. The number of nitrogens with one attached hydrogen (secondary N) is 2. The Kier molecular flexibility index (Phi) is 8.87. The van der Waals surface area contributed by atoms with Crippen LogP contribution in [0.3, 0.4) is 0 Å². The van der Waals surface area contributed by atoms with Gasteiger partial charge in [-0.2, -0.15) is 0 Å². The van der Waals surface area contributed by atoms with E-state index in [1.165, 1.54) is 11.1 Å². The number of alkyl carbamates (subject to hydrolysis) is 1. The number of fused-ring (bicyclic) bond motifs is 3. The van der Waals surface area contributed by atoms with Crippen molar-refractivity contribution in [3.05, 3.63) is 59.7 Å². The Bertz CT molecular complexity index is 929. The van der Waals surface area contributed by atoms with E-state index >= 15 is 0 Å². The SMILES string of the molecule is CCCCC(CC(=O)O)NC(=O)CCCNC(=O)OCC1c2ccccc2-c2ccccc21. The van der Waals surface area contributed by atoms with E-state index in [0.29, 0.717) is 19.4 Å². The Hall–Kier alpha value is -3.35. The molecule has 2 aromatic carbocycles. The summed E-state index contributed by atoms with van der Waals surface area (Å²) in [5, 5.41) is 14.5. The second-order valence-corrected chi connectivity index (χ2v) is 8.36. The highest BCUT2D eigenvalue weighted by Crippen LogP contribution is 2.44. The molecule has 0 bridgehead atoms. The van der Waals surface area contributed by atoms with Gasteiger partial charge in [0.25, 0.3) is 0 Å². The molecule has 3 N–H and O–H groups in total. The van der Waals surface area contributed by atoms with Crippen molar-refractivity contribution in [1.82, 2.24) is 10.6 Å². The number of benzene rings is 2. The third-order valence-corrected chi connectivity index (χ3v) is 5.89. The van der Waals surface area contributed by atoms with Crippen LogP contribution in [-0.4, -0.2) is 42.3 Å². The first-order valence-electron chi connectivity index (χ1n) is 11.6. The van der Waals surface area contributed by atoms with E-state index in [9.17, 15) is 14.4 Å². The van der Waals surface area contributed by atoms with Crippen LogP contribution in [0.2, 0.25) is 0 Å². The smallest absolute Gasteiger partial charge is 0.407 e. The second-order valence-electron chi connectivity index (χ2n) is 8.36. The fraction of sp³-hybridized carbons (Fsp3) is 0.423. The van der Waals surface area contributed by atoms with Crippen molar-refractivity contribution in [2.45, 2.75) is 57.4 Å². The van der Waals surface area contributed by atoms with Crippen LogP contribution in [0.15, 0.2) is 48.5 Å². The van der Waals surface area contributed by atoms with Gasteiger partial charge in [-0.3, -0.25) is 9.59 Å². The first-order chi connectivity index (χ1) is 16.0. The maximum Gasteiger partial charge on any atom is 0.407 e. The zero-order valence-electron chi connectivity index (χ0n) is 19.0. The molecule has 0 aliphatic heterocycles. The zero-order chi connectivity index (χ0) is 23.6. The minimum absolute atomic E-state index is 0.00298. The van der Waals surface area contributed by atoms with E-state index in [1.54, 1.807) is 0 Å². The molecular weight excluding hydrogens is 420 g/mol. The molecule has 0 aromatic heterocycles. The van der Waals surface area contributed by atoms with Crippen molar-refractivity contribution in [3.8, 4) is 11.1 Å². The number of amides is 2. The third-order valence-electron chi connectivity index (χ3n) is 5.89. The molecule has 1 aliphatic carbocycles. The standard InChI is InChI=1S/C26H32N2O5/c1-2-3-9-18(16-25(30)31)28-24(29)14-8-15-27-26(32)33-17-23-21-12-6-4-10-19(21)20-11-5-7-13-22(20)23/h4-7,10-13,18,23H,2-3,8-9,14-17H2,1H3,(H,27,32)(H,28,29)(H,30,31). The van der Waals surface area contributed by atoms with Gasteiger partial charge in [0.05, 0.1) is 6.42 Å². The molecule has 33 heavy (non-hydrogen) atoms. The number of hydrogen-bond acceptors (Lipinski definition) is 4. The van der Waals surface area contributed by atoms with Gasteiger partial charge in [-0.05, 0) is 35.1 Å². The lowest BCUT2D eigenvalue weighted by atomic mass is 9.98. The van der Waals surface area contributed by atoms with Crippen molar-refractivity contribution >= 4 is 18.0 Å². The Balaban J connectivity index is 1.40. The quantitative estimate of drug-likeness (QED) is 0.413. The summed E-state index contributed by atoms with van der Waals surface area (Å²) in [7, 11) is 0. The normalized spacial score (nSPS) is 13.0. The van der Waals surface area contributed by atoms with Crippen molar-refractivity contribution in [2.75, 3.05) is 13.2 Å². The van der Waals surface area contributed by atoms with Gasteiger partial charge in [-0.25, -0.2) is 4.79 Å². The first kappa shape index (κ1) is 24.3. The van der Waals surface area contributed by atoms with Crippen molar-refractivity contribution in [3.63, 3.8) is 0 Å². The molecule has 1 unspecified atom stereocenters. The monoisotopic (exact) mass is 452 g/mol. The molecule has 2 aromatic rings. The van der Waals surface area contributed by atoms with Gasteiger partial charge < -0.3 is 20.5 Å². The molecular formula is C26H32N2O5. The molecule has 0 spiro atoms. The number of carbonyl (C=O) groups is 3. The molecule has 0 saturated carbocycles. The van der Waals surface area contributed by atoms with E-state index in [1.807, 2.05) is 31.2 Å². The number of carboxylic acid groups (broad SMARTS) is 1. The molecule has 7 nitrogen and oxygen atoms in total. The van der Waals surface area contributed by atoms with Gasteiger partial charge in [-0.1, -0.05) is 68.3 Å². The number of hydrogen-bond donors (Lipinski definition) is 3. The average Bonchev–Trinajstić information content (AvgIpc) is 3.12. The van der Waals surface area contributed by atoms with Crippen LogP contribution in [0.5, 0.6) is 0 Å². The zero-order valence-corrected chi connectivity index (χ0v) is 19.0. The van der Waals surface area contributed by atoms with E-state index in [0.717, 1.165) is 24.0 Å². The molecule has 0 radical (unpaired) electrons. The topological polar surface area (TPSA) is 105 Å². The van der Waals surface area contributed by atoms with E-state index in [-0.39, 0.29) is 37.3 Å². The third kappa shape index (κ3) is 6.81. The largest absolute Gasteiger partial charge is 0.481 e. The van der Waals surface area contributed by atoms with Crippen LogP contribution in [0.4, 0.5) is 4.79 Å². The number of ether oxygens (including phenoxy) is 1. The highest BCUT2D eigenvalue weighted by molar-refractivity contribution is 5.79. The van der Waals surface area contributed by atoms with Crippen LogP contribution in [0, 0.1) is 0 Å². The lowest BCUT2D eigenvalue weighted by Crippen LogP contribution is -2.37. The summed E-state index contributed by atoms with van der Waals surface area (Å²) in [5.41, 5.74) is 4.66. The Morgan fingerprint density at radius 1 is 1.00 bits per heavy atom. The number of rotatable bonds is 12. The van der Waals surface area contributed by atoms with Gasteiger partial charge in [0.1, 0.15) is 6.61 Å². The van der Waals surface area contributed by atoms with E-state index < -0.39 is 12.1 Å². The Morgan fingerprint density at radius 2 is 1.64 bits per heavy atom. The second kappa shape index (κ2) is 12.0. The minimum atomic E-state index is -0.923. The maximum absolute atomic E-state index is 12.2. The minimum Gasteiger partial charge on any atom is -0.481 e. The van der Waals surface area contributed by atoms with E-state index in [2.05, 4.69) is 34.9 Å². The number of unbranched alkanes of at least 4 members (excludes halogenated alkanes) is 1. The number of carboxylic acids is 1. The predicted molar refractivity (Wildman–Crippen MR) is 126 cm³/mol. The summed E-state index contributed by atoms with van der Waals surface area (Å²) in [5.74, 6) is -1.12. The Morgan fingerprint density at radius 3 is 2.24 bits per heavy atom. The molecule has 1 atom stereocenters. The van der Waals surface area contributed by atoms with Gasteiger partial charge in [0.2, 0.25) is 5.91 Å². The predicted octanol–water partition coefficient (Wildman–Crippen LogP) is 4.46. The molecule has 0 saturated heterocycles. The van der Waals surface area contributed by atoms with Gasteiger partial charge in [-0.15, -0.1) is 0 Å².